The number of nitro groups is 1. The number of benzene rings is 1. The molecule has 0 unspecified atom stereocenters. The van der Waals surface area contributed by atoms with Crippen LogP contribution in [0, 0.1) is 10.1 Å². The molecule has 0 aliphatic rings. The molecular weight excluding hydrogens is 301 g/mol. The number of aliphatic carboxylic acids is 1. The van der Waals surface area contributed by atoms with Gasteiger partial charge < -0.3 is 10.8 Å². The number of hydrogen-bond donors (Lipinski definition) is 2. The first-order valence-electron chi connectivity index (χ1n) is 5.09. The van der Waals surface area contributed by atoms with E-state index in [1.54, 1.807) is 0 Å². The molecule has 110 valence electrons. The minimum Gasteiger partial charge on any atom is -0.480 e. The molecule has 0 saturated carbocycles. The van der Waals surface area contributed by atoms with Crippen LogP contribution in [0.4, 0.5) is 18.9 Å². The molecule has 20 heavy (non-hydrogen) atoms. The maximum absolute atomic E-state index is 12.5. The number of carbonyl (C=O) groups is 1. The van der Waals surface area contributed by atoms with Crippen molar-refractivity contribution in [2.24, 2.45) is 5.73 Å². The van der Waals surface area contributed by atoms with Gasteiger partial charge in [-0.15, -0.1) is 11.8 Å². The van der Waals surface area contributed by atoms with E-state index in [-0.39, 0.29) is 10.6 Å². The van der Waals surface area contributed by atoms with Crippen molar-refractivity contribution < 1.29 is 28.0 Å². The molecule has 1 rings (SSSR count). The van der Waals surface area contributed by atoms with Crippen molar-refractivity contribution in [3.8, 4) is 0 Å². The molecule has 0 spiro atoms. The van der Waals surface area contributed by atoms with Crippen LogP contribution in [0.15, 0.2) is 23.1 Å². The van der Waals surface area contributed by atoms with E-state index in [0.29, 0.717) is 23.9 Å². The lowest BCUT2D eigenvalue weighted by atomic mass is 10.2. The van der Waals surface area contributed by atoms with Gasteiger partial charge in [-0.25, -0.2) is 0 Å². The summed E-state index contributed by atoms with van der Waals surface area (Å²) >= 11 is 0.716. The molecule has 1 aromatic rings. The lowest BCUT2D eigenvalue weighted by molar-refractivity contribution is -0.388. The second kappa shape index (κ2) is 6.09. The zero-order valence-corrected chi connectivity index (χ0v) is 10.6. The standard InChI is InChI=1S/C10H9F3N2O4S/c11-10(12,13)5-1-2-8(7(3-5)15(18)19)20-4-6(14)9(16)17/h1-3,6H,4,14H2,(H,16,17)/t6-/m0/s1. The molecule has 0 bridgehead atoms. The van der Waals surface area contributed by atoms with Crippen LogP contribution in [-0.4, -0.2) is 27.8 Å². The van der Waals surface area contributed by atoms with Crippen molar-refractivity contribution in [1.29, 1.82) is 0 Å². The van der Waals surface area contributed by atoms with Crippen molar-refractivity contribution in [2.75, 3.05) is 5.75 Å². The minimum absolute atomic E-state index is 0.0697. The molecule has 1 atom stereocenters. The van der Waals surface area contributed by atoms with Gasteiger partial charge in [0.2, 0.25) is 0 Å². The van der Waals surface area contributed by atoms with E-state index < -0.39 is 34.4 Å². The van der Waals surface area contributed by atoms with Crippen LogP contribution in [0.25, 0.3) is 0 Å². The summed E-state index contributed by atoms with van der Waals surface area (Å²) in [6.07, 6.45) is -4.69. The Kier molecular flexibility index (Phi) is 4.95. The van der Waals surface area contributed by atoms with Gasteiger partial charge in [0.15, 0.2) is 0 Å². The fourth-order valence-electron chi connectivity index (χ4n) is 1.21. The van der Waals surface area contributed by atoms with Crippen molar-refractivity contribution >= 4 is 23.4 Å². The number of nitro benzene ring substituents is 1. The summed E-state index contributed by atoms with van der Waals surface area (Å²) in [6.45, 7) is 0. The van der Waals surface area contributed by atoms with Gasteiger partial charge in [0.25, 0.3) is 5.69 Å². The average Bonchev–Trinajstić information content (AvgIpc) is 2.34. The number of nitrogens with zero attached hydrogens (tertiary/aromatic N) is 1. The molecule has 10 heteroatoms. The Bertz CT molecular complexity index is 536. The monoisotopic (exact) mass is 310 g/mol. The summed E-state index contributed by atoms with van der Waals surface area (Å²) in [4.78, 5) is 20.2. The molecule has 0 radical (unpaired) electrons. The summed E-state index contributed by atoms with van der Waals surface area (Å²) in [5, 5.41) is 19.3. The lowest BCUT2D eigenvalue weighted by Gasteiger charge is -2.09. The Morgan fingerprint density at radius 2 is 2.10 bits per heavy atom. The van der Waals surface area contributed by atoms with Crippen molar-refractivity contribution in [1.82, 2.24) is 0 Å². The molecule has 0 aliphatic heterocycles. The Morgan fingerprint density at radius 3 is 2.55 bits per heavy atom. The first-order valence-corrected chi connectivity index (χ1v) is 6.08. The number of thioether (sulfide) groups is 1. The third kappa shape index (κ3) is 4.10. The topological polar surface area (TPSA) is 106 Å². The van der Waals surface area contributed by atoms with Crippen LogP contribution < -0.4 is 5.73 Å². The average molecular weight is 310 g/mol. The van der Waals surface area contributed by atoms with Crippen LogP contribution in [0.2, 0.25) is 0 Å². The maximum Gasteiger partial charge on any atom is 0.416 e. The van der Waals surface area contributed by atoms with E-state index >= 15 is 0 Å². The molecule has 0 aliphatic carbocycles. The Hall–Kier alpha value is -1.81. The lowest BCUT2D eigenvalue weighted by Crippen LogP contribution is -2.32. The summed E-state index contributed by atoms with van der Waals surface area (Å²) in [6, 6.07) is 0.776. The highest BCUT2D eigenvalue weighted by molar-refractivity contribution is 7.99. The van der Waals surface area contributed by atoms with Crippen molar-refractivity contribution in [3.63, 3.8) is 0 Å². The first-order chi connectivity index (χ1) is 9.12. The SMILES string of the molecule is N[C@@H](CSc1ccc(C(F)(F)F)cc1[N+](=O)[O-])C(=O)O. The normalized spacial score (nSPS) is 13.0. The Balaban J connectivity index is 3.02. The van der Waals surface area contributed by atoms with Crippen LogP contribution in [0.3, 0.4) is 0 Å². The Morgan fingerprint density at radius 1 is 1.50 bits per heavy atom. The third-order valence-electron chi connectivity index (χ3n) is 2.22. The highest BCUT2D eigenvalue weighted by Gasteiger charge is 2.33. The number of nitrogens with two attached hydrogens (primary N) is 1. The van der Waals surface area contributed by atoms with Gasteiger partial charge in [-0.05, 0) is 12.1 Å². The van der Waals surface area contributed by atoms with Crippen molar-refractivity contribution in [2.45, 2.75) is 17.1 Å². The largest absolute Gasteiger partial charge is 0.480 e. The predicted octanol–water partition coefficient (Wildman–Crippen LogP) is 2.12. The zero-order chi connectivity index (χ0) is 15.5. The number of halogens is 3. The van der Waals surface area contributed by atoms with Gasteiger partial charge in [-0.1, -0.05) is 0 Å². The molecular formula is C10H9F3N2O4S. The minimum atomic E-state index is -4.69. The summed E-state index contributed by atoms with van der Waals surface area (Å²) in [5.74, 6) is -1.49. The van der Waals surface area contributed by atoms with Crippen LogP contribution in [-0.2, 0) is 11.0 Å². The summed E-state index contributed by atoms with van der Waals surface area (Å²) in [5.41, 5.74) is 3.34. The Labute approximate surface area is 114 Å². The van der Waals surface area contributed by atoms with E-state index in [1.165, 1.54) is 0 Å². The maximum atomic E-state index is 12.5. The second-order valence-electron chi connectivity index (χ2n) is 3.69. The quantitative estimate of drug-likeness (QED) is 0.490. The number of rotatable bonds is 5. The molecule has 0 aromatic heterocycles. The fraction of sp³-hybridized carbons (Fsp3) is 0.300. The van der Waals surface area contributed by atoms with Gasteiger partial charge in [0.1, 0.15) is 6.04 Å². The fourth-order valence-corrected chi connectivity index (χ4v) is 2.16. The summed E-state index contributed by atoms with van der Waals surface area (Å²) in [7, 11) is 0. The predicted molar refractivity (Wildman–Crippen MR) is 64.4 cm³/mol. The van der Waals surface area contributed by atoms with Crippen molar-refractivity contribution in [3.05, 3.63) is 33.9 Å². The van der Waals surface area contributed by atoms with Gasteiger partial charge in [-0.2, -0.15) is 13.2 Å². The molecule has 1 aromatic carbocycles. The van der Waals surface area contributed by atoms with Gasteiger partial charge >= 0.3 is 12.1 Å². The molecule has 0 saturated heterocycles. The highest BCUT2D eigenvalue weighted by Crippen LogP contribution is 2.36. The molecule has 0 amide bonds. The zero-order valence-electron chi connectivity index (χ0n) is 9.76. The third-order valence-corrected chi connectivity index (χ3v) is 3.40. The van der Waals surface area contributed by atoms with E-state index in [0.717, 1.165) is 6.07 Å². The van der Waals surface area contributed by atoms with E-state index in [1.807, 2.05) is 0 Å². The molecule has 0 heterocycles. The van der Waals surface area contributed by atoms with Crippen LogP contribution in [0.1, 0.15) is 5.56 Å². The van der Waals surface area contributed by atoms with Gasteiger partial charge in [0, 0.05) is 11.8 Å². The number of alkyl halides is 3. The van der Waals surface area contributed by atoms with E-state index in [9.17, 15) is 28.1 Å². The number of carboxylic acids is 1. The molecule has 0 fully saturated rings. The number of hydrogen-bond acceptors (Lipinski definition) is 5. The van der Waals surface area contributed by atoms with Gasteiger partial charge in [-0.3, -0.25) is 14.9 Å². The smallest absolute Gasteiger partial charge is 0.416 e. The van der Waals surface area contributed by atoms with E-state index in [2.05, 4.69) is 0 Å². The van der Waals surface area contributed by atoms with Crippen LogP contribution in [0.5, 0.6) is 0 Å². The van der Waals surface area contributed by atoms with E-state index in [4.69, 9.17) is 10.8 Å². The summed E-state index contributed by atoms with van der Waals surface area (Å²) < 4.78 is 37.4. The first kappa shape index (κ1) is 16.2. The number of carboxylic acid groups (broad SMARTS) is 1. The van der Waals surface area contributed by atoms with Gasteiger partial charge in [0.05, 0.1) is 15.4 Å². The molecule has 6 nitrogen and oxygen atoms in total. The van der Waals surface area contributed by atoms with Crippen LogP contribution >= 0.6 is 11.8 Å². The molecule has 3 N–H and O–H groups in total. The second-order valence-corrected chi connectivity index (χ2v) is 4.75. The highest BCUT2D eigenvalue weighted by atomic mass is 32.2.